The summed E-state index contributed by atoms with van der Waals surface area (Å²) in [4.78, 5) is 13.1. The minimum absolute atomic E-state index is 0.459. The van der Waals surface area contributed by atoms with E-state index in [9.17, 15) is 4.79 Å². The van der Waals surface area contributed by atoms with Gasteiger partial charge in [-0.15, -0.1) is 0 Å². The lowest BCUT2D eigenvalue weighted by molar-refractivity contribution is -0.120. The highest BCUT2D eigenvalue weighted by atomic mass is 16.5. The fraction of sp³-hybridized carbons (Fsp3) is 0.917. The van der Waals surface area contributed by atoms with E-state index in [1.165, 1.54) is 6.42 Å². The first-order valence-electron chi connectivity index (χ1n) is 6.39. The van der Waals surface area contributed by atoms with Gasteiger partial charge in [-0.05, 0) is 44.7 Å². The lowest BCUT2D eigenvalue weighted by atomic mass is 10.0. The number of rotatable bonds is 5. The summed E-state index contributed by atoms with van der Waals surface area (Å²) in [7, 11) is 0. The fourth-order valence-electron chi connectivity index (χ4n) is 2.60. The van der Waals surface area contributed by atoms with Gasteiger partial charge < -0.3 is 15.0 Å². The predicted octanol–water partition coefficient (Wildman–Crippen LogP) is 0.623. The zero-order valence-corrected chi connectivity index (χ0v) is 9.86. The smallest absolute Gasteiger partial charge is 0.209 e. The summed E-state index contributed by atoms with van der Waals surface area (Å²) in [5.41, 5.74) is 0. The Balaban J connectivity index is 1.73. The quantitative estimate of drug-likeness (QED) is 0.699. The lowest BCUT2D eigenvalue weighted by Gasteiger charge is -2.32. The summed E-state index contributed by atoms with van der Waals surface area (Å²) in [6.45, 7) is 4.78. The van der Waals surface area contributed by atoms with E-state index in [0.717, 1.165) is 58.5 Å². The van der Waals surface area contributed by atoms with E-state index in [1.54, 1.807) is 0 Å². The van der Waals surface area contributed by atoms with Crippen LogP contribution in [0.25, 0.3) is 0 Å². The molecular formula is C12H22N2O2. The van der Waals surface area contributed by atoms with Crippen LogP contribution in [-0.2, 0) is 9.53 Å². The molecule has 1 unspecified atom stereocenters. The average Bonchev–Trinajstić information content (AvgIpc) is 2.84. The van der Waals surface area contributed by atoms with E-state index in [0.29, 0.717) is 12.0 Å². The summed E-state index contributed by atoms with van der Waals surface area (Å²) in [6, 6.07) is 0.459. The normalized spacial score (nSPS) is 26.9. The third-order valence-electron chi connectivity index (χ3n) is 3.73. The average molecular weight is 226 g/mol. The van der Waals surface area contributed by atoms with Crippen molar-refractivity contribution in [1.82, 2.24) is 10.2 Å². The molecule has 2 fully saturated rings. The van der Waals surface area contributed by atoms with Crippen molar-refractivity contribution < 1.29 is 9.53 Å². The predicted molar refractivity (Wildman–Crippen MR) is 62.2 cm³/mol. The Kier molecular flexibility index (Phi) is 4.60. The number of piperidine rings is 1. The number of carbonyl (C=O) groups excluding carboxylic acids is 1. The molecule has 2 aliphatic heterocycles. The molecule has 4 nitrogen and oxygen atoms in total. The Morgan fingerprint density at radius 1 is 1.31 bits per heavy atom. The van der Waals surface area contributed by atoms with Gasteiger partial charge >= 0.3 is 0 Å². The van der Waals surface area contributed by atoms with Gasteiger partial charge in [0.1, 0.15) is 0 Å². The molecule has 1 N–H and O–H groups in total. The van der Waals surface area contributed by atoms with Crippen LogP contribution in [-0.4, -0.2) is 50.2 Å². The molecule has 2 aliphatic rings. The molecule has 4 heteroatoms. The van der Waals surface area contributed by atoms with Gasteiger partial charge in [-0.25, -0.2) is 0 Å². The number of hydrogen-bond acceptors (Lipinski definition) is 3. The molecule has 0 bridgehead atoms. The number of amides is 1. The minimum atomic E-state index is 0.459. The van der Waals surface area contributed by atoms with Crippen molar-refractivity contribution in [3.05, 3.63) is 0 Å². The minimum Gasteiger partial charge on any atom is -0.381 e. The van der Waals surface area contributed by atoms with E-state index in [-0.39, 0.29) is 0 Å². The second-order valence-corrected chi connectivity index (χ2v) is 4.84. The monoisotopic (exact) mass is 226 g/mol. The van der Waals surface area contributed by atoms with E-state index in [1.807, 2.05) is 4.90 Å². The highest BCUT2D eigenvalue weighted by molar-refractivity contribution is 5.47. The molecule has 0 aromatic carbocycles. The maximum atomic E-state index is 11.1. The SMILES string of the molecule is O=CN(CCC1CCOC1)C1CCNCC1. The number of nitrogens with one attached hydrogen (secondary N) is 1. The van der Waals surface area contributed by atoms with Crippen LogP contribution in [0.2, 0.25) is 0 Å². The molecule has 92 valence electrons. The topological polar surface area (TPSA) is 41.6 Å². The third kappa shape index (κ3) is 3.19. The highest BCUT2D eigenvalue weighted by Gasteiger charge is 2.21. The van der Waals surface area contributed by atoms with Crippen LogP contribution in [0, 0.1) is 5.92 Å². The molecule has 1 amide bonds. The van der Waals surface area contributed by atoms with Crippen LogP contribution < -0.4 is 5.32 Å². The Morgan fingerprint density at radius 3 is 2.75 bits per heavy atom. The summed E-state index contributed by atoms with van der Waals surface area (Å²) < 4.78 is 5.35. The van der Waals surface area contributed by atoms with Crippen molar-refractivity contribution in [2.75, 3.05) is 32.8 Å². The first kappa shape index (κ1) is 11.9. The summed E-state index contributed by atoms with van der Waals surface area (Å²) in [5.74, 6) is 0.671. The van der Waals surface area contributed by atoms with Crippen LogP contribution in [0.15, 0.2) is 0 Å². The van der Waals surface area contributed by atoms with Crippen LogP contribution >= 0.6 is 0 Å². The maximum absolute atomic E-state index is 11.1. The Morgan fingerprint density at radius 2 is 2.12 bits per heavy atom. The van der Waals surface area contributed by atoms with Gasteiger partial charge in [0.2, 0.25) is 6.41 Å². The third-order valence-corrected chi connectivity index (χ3v) is 3.73. The molecule has 0 spiro atoms. The molecule has 16 heavy (non-hydrogen) atoms. The van der Waals surface area contributed by atoms with Crippen molar-refractivity contribution >= 4 is 6.41 Å². The van der Waals surface area contributed by atoms with E-state index >= 15 is 0 Å². The molecule has 0 aliphatic carbocycles. The van der Waals surface area contributed by atoms with Crippen molar-refractivity contribution in [2.24, 2.45) is 5.92 Å². The lowest BCUT2D eigenvalue weighted by Crippen LogP contribution is -2.43. The largest absolute Gasteiger partial charge is 0.381 e. The van der Waals surface area contributed by atoms with Gasteiger partial charge in [0.25, 0.3) is 0 Å². The van der Waals surface area contributed by atoms with Gasteiger partial charge in [-0.2, -0.15) is 0 Å². The van der Waals surface area contributed by atoms with Gasteiger partial charge in [-0.1, -0.05) is 0 Å². The van der Waals surface area contributed by atoms with Crippen LogP contribution in [0.3, 0.4) is 0 Å². The molecule has 0 aromatic heterocycles. The van der Waals surface area contributed by atoms with Gasteiger partial charge in [-0.3, -0.25) is 4.79 Å². The highest BCUT2D eigenvalue weighted by Crippen LogP contribution is 2.18. The van der Waals surface area contributed by atoms with Crippen molar-refractivity contribution in [2.45, 2.75) is 31.7 Å². The molecule has 2 saturated heterocycles. The van der Waals surface area contributed by atoms with Crippen LogP contribution in [0.1, 0.15) is 25.7 Å². The van der Waals surface area contributed by atoms with Crippen molar-refractivity contribution in [3.63, 3.8) is 0 Å². The summed E-state index contributed by atoms with van der Waals surface area (Å²) in [5, 5.41) is 3.33. The summed E-state index contributed by atoms with van der Waals surface area (Å²) >= 11 is 0. The Bertz CT molecular complexity index is 211. The van der Waals surface area contributed by atoms with Gasteiger partial charge in [0.05, 0.1) is 0 Å². The van der Waals surface area contributed by atoms with Crippen molar-refractivity contribution in [3.8, 4) is 0 Å². The zero-order valence-electron chi connectivity index (χ0n) is 9.86. The van der Waals surface area contributed by atoms with Gasteiger partial charge in [0.15, 0.2) is 0 Å². The molecule has 0 radical (unpaired) electrons. The van der Waals surface area contributed by atoms with E-state index in [4.69, 9.17) is 4.74 Å². The Labute approximate surface area is 97.3 Å². The van der Waals surface area contributed by atoms with Crippen LogP contribution in [0.4, 0.5) is 0 Å². The van der Waals surface area contributed by atoms with Gasteiger partial charge in [0, 0.05) is 25.8 Å². The second-order valence-electron chi connectivity index (χ2n) is 4.84. The number of hydrogen-bond donors (Lipinski definition) is 1. The van der Waals surface area contributed by atoms with E-state index in [2.05, 4.69) is 5.32 Å². The van der Waals surface area contributed by atoms with Crippen LogP contribution in [0.5, 0.6) is 0 Å². The summed E-state index contributed by atoms with van der Waals surface area (Å²) in [6.07, 6.45) is 5.49. The number of ether oxygens (including phenoxy) is 1. The second kappa shape index (κ2) is 6.21. The van der Waals surface area contributed by atoms with Crippen molar-refractivity contribution in [1.29, 1.82) is 0 Å². The molecule has 0 saturated carbocycles. The Hall–Kier alpha value is -0.610. The number of nitrogens with zero attached hydrogens (tertiary/aromatic N) is 1. The zero-order chi connectivity index (χ0) is 11.2. The first-order chi connectivity index (χ1) is 7.90. The molecule has 0 aromatic rings. The molecule has 2 heterocycles. The molecule has 1 atom stereocenters. The maximum Gasteiger partial charge on any atom is 0.209 e. The first-order valence-corrected chi connectivity index (χ1v) is 6.39. The number of carbonyl (C=O) groups is 1. The molecular weight excluding hydrogens is 204 g/mol. The standard InChI is InChI=1S/C12H22N2O2/c15-10-14(12-1-5-13-6-2-12)7-3-11-4-8-16-9-11/h10-13H,1-9H2. The fourth-order valence-corrected chi connectivity index (χ4v) is 2.60. The van der Waals surface area contributed by atoms with E-state index < -0.39 is 0 Å². The molecule has 2 rings (SSSR count).